The second kappa shape index (κ2) is 4.74. The van der Waals surface area contributed by atoms with Gasteiger partial charge in [0.1, 0.15) is 0 Å². The highest BCUT2D eigenvalue weighted by molar-refractivity contribution is 8.14. The van der Waals surface area contributed by atoms with E-state index in [4.69, 9.17) is 4.55 Å². The van der Waals surface area contributed by atoms with Crippen LogP contribution in [0.25, 0.3) is 0 Å². The third-order valence-electron chi connectivity index (χ3n) is 5.05. The first-order chi connectivity index (χ1) is 8.86. The second-order valence-electron chi connectivity index (χ2n) is 6.62. The Morgan fingerprint density at radius 2 is 1.58 bits per heavy atom. The van der Waals surface area contributed by atoms with Gasteiger partial charge in [0.25, 0.3) is 10.1 Å². The molecule has 0 aromatic heterocycles. The Bertz CT molecular complexity index is 448. The Labute approximate surface area is 118 Å². The summed E-state index contributed by atoms with van der Waals surface area (Å²) in [5.41, 5.74) is -0.168. The first-order valence-corrected chi connectivity index (χ1v) is 9.58. The van der Waals surface area contributed by atoms with Crippen LogP contribution in [0.5, 0.6) is 0 Å². The van der Waals surface area contributed by atoms with Crippen LogP contribution in [0.1, 0.15) is 38.5 Å². The molecular formula is C13H20O4S2. The van der Waals surface area contributed by atoms with Crippen molar-refractivity contribution >= 4 is 27.0 Å². The summed E-state index contributed by atoms with van der Waals surface area (Å²) in [7, 11) is -3.95. The maximum atomic E-state index is 12.5. The first kappa shape index (κ1) is 13.9. The van der Waals surface area contributed by atoms with Gasteiger partial charge in [-0.1, -0.05) is 11.8 Å². The summed E-state index contributed by atoms with van der Waals surface area (Å²) in [6.45, 7) is 0. The van der Waals surface area contributed by atoms with Crippen LogP contribution < -0.4 is 0 Å². The smallest absolute Gasteiger partial charge is 0.265 e. The van der Waals surface area contributed by atoms with Crippen molar-refractivity contribution in [3.63, 3.8) is 0 Å². The SMILES string of the molecule is O=C(SCCS(=O)(=O)O)C12CC3CC(CC(C3)C1)C2. The van der Waals surface area contributed by atoms with Gasteiger partial charge in [-0.05, 0) is 56.3 Å². The van der Waals surface area contributed by atoms with Gasteiger partial charge in [0.05, 0.1) is 5.75 Å². The fourth-order valence-electron chi connectivity index (χ4n) is 4.75. The van der Waals surface area contributed by atoms with E-state index in [9.17, 15) is 13.2 Å². The molecule has 0 radical (unpaired) electrons. The largest absolute Gasteiger partial charge is 0.287 e. The highest BCUT2D eigenvalue weighted by Gasteiger charge is 2.54. The van der Waals surface area contributed by atoms with Gasteiger partial charge in [-0.15, -0.1) is 0 Å². The van der Waals surface area contributed by atoms with Gasteiger partial charge in [0, 0.05) is 11.2 Å². The highest BCUT2D eigenvalue weighted by atomic mass is 32.2. The number of hydrogen-bond acceptors (Lipinski definition) is 4. The Balaban J connectivity index is 1.63. The lowest BCUT2D eigenvalue weighted by atomic mass is 9.50. The molecule has 4 saturated carbocycles. The molecule has 19 heavy (non-hydrogen) atoms. The van der Waals surface area contributed by atoms with Crippen LogP contribution in [0.15, 0.2) is 0 Å². The number of rotatable bonds is 4. The third-order valence-corrected chi connectivity index (χ3v) is 7.13. The van der Waals surface area contributed by atoms with Gasteiger partial charge in [-0.25, -0.2) is 0 Å². The zero-order valence-corrected chi connectivity index (χ0v) is 12.5. The van der Waals surface area contributed by atoms with E-state index in [0.29, 0.717) is 0 Å². The molecule has 4 aliphatic rings. The minimum Gasteiger partial charge on any atom is -0.287 e. The van der Waals surface area contributed by atoms with E-state index in [1.54, 1.807) is 0 Å². The first-order valence-electron chi connectivity index (χ1n) is 6.99. The van der Waals surface area contributed by atoms with Gasteiger partial charge in [-0.3, -0.25) is 9.35 Å². The molecule has 0 aromatic rings. The molecule has 0 saturated heterocycles. The minimum absolute atomic E-state index is 0.168. The molecule has 108 valence electrons. The summed E-state index contributed by atoms with van der Waals surface area (Å²) < 4.78 is 30.1. The van der Waals surface area contributed by atoms with E-state index < -0.39 is 10.1 Å². The van der Waals surface area contributed by atoms with Crippen LogP contribution in [0, 0.1) is 23.2 Å². The Morgan fingerprint density at radius 1 is 1.11 bits per heavy atom. The molecule has 0 amide bonds. The predicted molar refractivity (Wildman–Crippen MR) is 74.5 cm³/mol. The van der Waals surface area contributed by atoms with Crippen molar-refractivity contribution < 1.29 is 17.8 Å². The van der Waals surface area contributed by atoms with Gasteiger partial charge in [-0.2, -0.15) is 8.42 Å². The fourth-order valence-corrected chi connectivity index (χ4v) is 6.67. The van der Waals surface area contributed by atoms with Crippen LogP contribution in [0.3, 0.4) is 0 Å². The Kier molecular flexibility index (Phi) is 3.47. The second-order valence-corrected chi connectivity index (χ2v) is 9.26. The average molecular weight is 304 g/mol. The number of carbonyl (C=O) groups excluding carboxylic acids is 1. The van der Waals surface area contributed by atoms with Crippen LogP contribution in [0.4, 0.5) is 0 Å². The van der Waals surface area contributed by atoms with Crippen molar-refractivity contribution in [2.75, 3.05) is 11.5 Å². The van der Waals surface area contributed by atoms with Crippen molar-refractivity contribution in [3.05, 3.63) is 0 Å². The molecule has 4 rings (SSSR count). The van der Waals surface area contributed by atoms with E-state index >= 15 is 0 Å². The van der Waals surface area contributed by atoms with E-state index in [1.165, 1.54) is 19.3 Å². The maximum absolute atomic E-state index is 12.5. The molecule has 4 aliphatic carbocycles. The molecule has 0 aliphatic heterocycles. The van der Waals surface area contributed by atoms with Crippen molar-refractivity contribution in [2.24, 2.45) is 23.2 Å². The lowest BCUT2D eigenvalue weighted by molar-refractivity contribution is -0.134. The van der Waals surface area contributed by atoms with Crippen molar-refractivity contribution in [3.8, 4) is 0 Å². The van der Waals surface area contributed by atoms with Crippen LogP contribution in [-0.4, -0.2) is 29.6 Å². The van der Waals surface area contributed by atoms with Crippen LogP contribution in [0.2, 0.25) is 0 Å². The Hall–Kier alpha value is -0.0700. The number of hydrogen-bond donors (Lipinski definition) is 1. The summed E-state index contributed by atoms with van der Waals surface area (Å²) in [6, 6.07) is 0. The van der Waals surface area contributed by atoms with Crippen molar-refractivity contribution in [1.29, 1.82) is 0 Å². The third kappa shape index (κ3) is 2.85. The molecule has 0 spiro atoms. The van der Waals surface area contributed by atoms with Gasteiger partial charge >= 0.3 is 0 Å². The fraction of sp³-hybridized carbons (Fsp3) is 0.923. The molecule has 0 unspecified atom stereocenters. The lowest BCUT2D eigenvalue weighted by Crippen LogP contribution is -2.49. The van der Waals surface area contributed by atoms with Crippen LogP contribution in [-0.2, 0) is 14.9 Å². The topological polar surface area (TPSA) is 71.4 Å². The van der Waals surface area contributed by atoms with E-state index in [-0.39, 0.29) is 22.0 Å². The summed E-state index contributed by atoms with van der Waals surface area (Å²) in [5.74, 6) is 2.02. The van der Waals surface area contributed by atoms with Gasteiger partial charge in [0.2, 0.25) is 0 Å². The molecule has 0 aromatic carbocycles. The van der Waals surface area contributed by atoms with Gasteiger partial charge in [0.15, 0.2) is 5.12 Å². The predicted octanol–water partition coefficient (Wildman–Crippen LogP) is 2.35. The molecule has 4 bridgehead atoms. The maximum Gasteiger partial charge on any atom is 0.265 e. The summed E-state index contributed by atoms with van der Waals surface area (Å²) in [5, 5.41) is 0.176. The van der Waals surface area contributed by atoms with Crippen LogP contribution >= 0.6 is 11.8 Å². The number of thioether (sulfide) groups is 1. The molecule has 6 heteroatoms. The normalized spacial score (nSPS) is 40.6. The molecule has 1 N–H and O–H groups in total. The monoisotopic (exact) mass is 304 g/mol. The average Bonchev–Trinajstić information content (AvgIpc) is 2.25. The zero-order chi connectivity index (χ0) is 13.7. The standard InChI is InChI=1S/C13H20O4S2/c14-12(18-1-2-19(15,16)17)13-6-9-3-10(7-13)5-11(4-9)8-13/h9-11H,1-8H2,(H,15,16,17). The Morgan fingerprint density at radius 3 is 2.00 bits per heavy atom. The lowest BCUT2D eigenvalue weighted by Gasteiger charge is -2.55. The summed E-state index contributed by atoms with van der Waals surface area (Å²) in [4.78, 5) is 12.5. The highest BCUT2D eigenvalue weighted by Crippen LogP contribution is 2.61. The molecule has 0 atom stereocenters. The van der Waals surface area contributed by atoms with Crippen molar-refractivity contribution in [1.82, 2.24) is 0 Å². The molecular weight excluding hydrogens is 284 g/mol. The summed E-state index contributed by atoms with van der Waals surface area (Å²) >= 11 is 1.11. The number of carbonyl (C=O) groups is 1. The van der Waals surface area contributed by atoms with E-state index in [0.717, 1.165) is 48.8 Å². The van der Waals surface area contributed by atoms with E-state index in [2.05, 4.69) is 0 Å². The zero-order valence-electron chi connectivity index (χ0n) is 10.9. The molecule has 4 nitrogen and oxygen atoms in total. The molecule has 4 fully saturated rings. The minimum atomic E-state index is -3.95. The summed E-state index contributed by atoms with van der Waals surface area (Å²) in [6.07, 6.45) is 6.91. The molecule has 0 heterocycles. The van der Waals surface area contributed by atoms with E-state index in [1.807, 2.05) is 0 Å². The van der Waals surface area contributed by atoms with Crippen molar-refractivity contribution in [2.45, 2.75) is 38.5 Å². The van der Waals surface area contributed by atoms with Gasteiger partial charge < -0.3 is 0 Å². The quantitative estimate of drug-likeness (QED) is 0.807.